The zero-order chi connectivity index (χ0) is 14.9. The molecule has 1 atom stereocenters. The Kier molecular flexibility index (Phi) is 4.14. The van der Waals surface area contributed by atoms with Gasteiger partial charge in [0.1, 0.15) is 5.37 Å². The number of anilines is 2. The molecule has 1 aliphatic rings. The monoisotopic (exact) mass is 316 g/mol. The van der Waals surface area contributed by atoms with Gasteiger partial charge in [-0.2, -0.15) is 11.8 Å². The third kappa shape index (κ3) is 3.01. The van der Waals surface area contributed by atoms with Crippen molar-refractivity contribution in [1.82, 2.24) is 0 Å². The Morgan fingerprint density at radius 2 is 2.20 bits per heavy atom. The molecule has 6 nitrogen and oxygen atoms in total. The van der Waals surface area contributed by atoms with Crippen molar-refractivity contribution in [3.63, 3.8) is 0 Å². The van der Waals surface area contributed by atoms with Gasteiger partial charge in [0.25, 0.3) is 0 Å². The van der Waals surface area contributed by atoms with Crippen LogP contribution in [0.4, 0.5) is 11.4 Å². The summed E-state index contributed by atoms with van der Waals surface area (Å²) in [4.78, 5) is 12.8. The van der Waals surface area contributed by atoms with Crippen molar-refractivity contribution in [3.05, 3.63) is 23.8 Å². The third-order valence-corrected chi connectivity index (χ3v) is 5.82. The zero-order valence-corrected chi connectivity index (χ0v) is 12.6. The molecule has 0 spiro atoms. The Balaban J connectivity index is 2.43. The molecule has 1 unspecified atom stereocenters. The second kappa shape index (κ2) is 5.53. The molecule has 3 N–H and O–H groups in total. The van der Waals surface area contributed by atoms with Crippen LogP contribution < -0.4 is 10.6 Å². The van der Waals surface area contributed by atoms with Gasteiger partial charge in [0.05, 0.1) is 5.56 Å². The van der Waals surface area contributed by atoms with Crippen molar-refractivity contribution in [2.45, 2.75) is 5.37 Å². The van der Waals surface area contributed by atoms with E-state index in [0.29, 0.717) is 18.0 Å². The standard InChI is InChI=1S/C12H16N2O4S2/c1-20(17,18)11-7-19-5-4-14(11)8-2-3-10(13)9(6-8)12(15)16/h2-3,6,11H,4-5,7,13H2,1H3,(H,15,16). The molecule has 1 aliphatic heterocycles. The maximum absolute atomic E-state index is 11.9. The topological polar surface area (TPSA) is 101 Å². The number of nitrogens with two attached hydrogens (primary N) is 1. The molecule has 2 rings (SSSR count). The lowest BCUT2D eigenvalue weighted by molar-refractivity contribution is 0.0698. The van der Waals surface area contributed by atoms with Crippen LogP contribution in [-0.4, -0.2) is 49.2 Å². The fraction of sp³-hybridized carbons (Fsp3) is 0.417. The first kappa shape index (κ1) is 15.0. The third-order valence-electron chi connectivity index (χ3n) is 3.18. The Bertz CT molecular complexity index is 630. The molecular formula is C12H16N2O4S2. The van der Waals surface area contributed by atoms with Crippen molar-refractivity contribution < 1.29 is 18.3 Å². The number of carbonyl (C=O) groups is 1. The van der Waals surface area contributed by atoms with Crippen LogP contribution >= 0.6 is 11.8 Å². The highest BCUT2D eigenvalue weighted by atomic mass is 32.2. The second-order valence-corrected chi connectivity index (χ2v) is 7.98. The SMILES string of the molecule is CS(=O)(=O)C1CSCCN1c1ccc(N)c(C(=O)O)c1. The van der Waals surface area contributed by atoms with E-state index in [1.165, 1.54) is 18.4 Å². The second-order valence-electron chi connectivity index (χ2n) is 4.63. The van der Waals surface area contributed by atoms with Crippen molar-refractivity contribution >= 4 is 38.9 Å². The quantitative estimate of drug-likeness (QED) is 0.799. The average Bonchev–Trinajstić information content (AvgIpc) is 2.38. The lowest BCUT2D eigenvalue weighted by Gasteiger charge is -2.36. The smallest absolute Gasteiger partial charge is 0.337 e. The van der Waals surface area contributed by atoms with E-state index in [1.54, 1.807) is 22.7 Å². The summed E-state index contributed by atoms with van der Waals surface area (Å²) in [6, 6.07) is 4.60. The Morgan fingerprint density at radius 3 is 2.80 bits per heavy atom. The molecule has 0 amide bonds. The number of hydrogen-bond acceptors (Lipinski definition) is 6. The zero-order valence-electron chi connectivity index (χ0n) is 10.9. The molecule has 0 bridgehead atoms. The maximum atomic E-state index is 11.9. The van der Waals surface area contributed by atoms with E-state index in [-0.39, 0.29) is 11.3 Å². The minimum Gasteiger partial charge on any atom is -0.478 e. The van der Waals surface area contributed by atoms with Gasteiger partial charge in [-0.3, -0.25) is 0 Å². The minimum atomic E-state index is -3.24. The first-order valence-corrected chi connectivity index (χ1v) is 9.07. The van der Waals surface area contributed by atoms with E-state index in [0.717, 1.165) is 5.75 Å². The summed E-state index contributed by atoms with van der Waals surface area (Å²) in [5.41, 5.74) is 6.36. The Labute approximate surface area is 121 Å². The summed E-state index contributed by atoms with van der Waals surface area (Å²) < 4.78 is 23.7. The molecular weight excluding hydrogens is 300 g/mol. The highest BCUT2D eigenvalue weighted by Crippen LogP contribution is 2.29. The number of aromatic carboxylic acids is 1. The number of thioether (sulfide) groups is 1. The summed E-state index contributed by atoms with van der Waals surface area (Å²) in [5, 5.41) is 8.46. The summed E-state index contributed by atoms with van der Waals surface area (Å²) >= 11 is 1.58. The molecule has 1 fully saturated rings. The van der Waals surface area contributed by atoms with Gasteiger partial charge in [0.2, 0.25) is 0 Å². The predicted molar refractivity (Wildman–Crippen MR) is 81.1 cm³/mol. The lowest BCUT2D eigenvalue weighted by Crippen LogP contribution is -2.47. The number of sulfone groups is 1. The highest BCUT2D eigenvalue weighted by Gasteiger charge is 2.31. The van der Waals surface area contributed by atoms with Gasteiger partial charge < -0.3 is 15.7 Å². The molecule has 110 valence electrons. The van der Waals surface area contributed by atoms with Crippen molar-refractivity contribution in [2.75, 3.05) is 34.9 Å². The van der Waals surface area contributed by atoms with E-state index >= 15 is 0 Å². The van der Waals surface area contributed by atoms with E-state index < -0.39 is 21.2 Å². The van der Waals surface area contributed by atoms with Gasteiger partial charge in [-0.1, -0.05) is 0 Å². The largest absolute Gasteiger partial charge is 0.478 e. The number of nitrogens with zero attached hydrogens (tertiary/aromatic N) is 1. The lowest BCUT2D eigenvalue weighted by atomic mass is 10.1. The van der Waals surface area contributed by atoms with E-state index in [9.17, 15) is 13.2 Å². The van der Waals surface area contributed by atoms with Crippen LogP contribution in [0.3, 0.4) is 0 Å². The van der Waals surface area contributed by atoms with Crippen molar-refractivity contribution in [1.29, 1.82) is 0 Å². The maximum Gasteiger partial charge on any atom is 0.337 e. The van der Waals surface area contributed by atoms with E-state index in [1.807, 2.05) is 0 Å². The van der Waals surface area contributed by atoms with E-state index in [2.05, 4.69) is 0 Å². The molecule has 20 heavy (non-hydrogen) atoms. The van der Waals surface area contributed by atoms with Crippen molar-refractivity contribution in [2.24, 2.45) is 0 Å². The number of rotatable bonds is 3. The molecule has 0 saturated carbocycles. The predicted octanol–water partition coefficient (Wildman–Crippen LogP) is 0.891. The number of nitrogen functional groups attached to an aromatic ring is 1. The minimum absolute atomic E-state index is 0.00650. The summed E-state index contributed by atoms with van der Waals surface area (Å²) in [7, 11) is -3.24. The Hall–Kier alpha value is -1.41. The number of hydrogen-bond donors (Lipinski definition) is 2. The fourth-order valence-electron chi connectivity index (χ4n) is 2.14. The van der Waals surface area contributed by atoms with Crippen molar-refractivity contribution in [3.8, 4) is 0 Å². The number of carboxylic acid groups (broad SMARTS) is 1. The molecule has 0 aromatic heterocycles. The van der Waals surface area contributed by atoms with Gasteiger partial charge in [-0.15, -0.1) is 0 Å². The van der Waals surface area contributed by atoms with Gasteiger partial charge in [-0.25, -0.2) is 13.2 Å². The molecule has 1 aromatic rings. The first-order chi connectivity index (χ1) is 9.30. The van der Waals surface area contributed by atoms with Gasteiger partial charge in [0, 0.05) is 35.7 Å². The fourth-order valence-corrected chi connectivity index (χ4v) is 4.98. The van der Waals surface area contributed by atoms with Crippen LogP contribution in [0.5, 0.6) is 0 Å². The normalized spacial score (nSPS) is 19.9. The average molecular weight is 316 g/mol. The first-order valence-electron chi connectivity index (χ1n) is 5.97. The molecule has 1 aromatic carbocycles. The van der Waals surface area contributed by atoms with Gasteiger partial charge >= 0.3 is 5.97 Å². The molecule has 0 radical (unpaired) electrons. The van der Waals surface area contributed by atoms with Crippen LogP contribution in [-0.2, 0) is 9.84 Å². The van der Waals surface area contributed by atoms with Crippen LogP contribution in [0.15, 0.2) is 18.2 Å². The number of benzene rings is 1. The molecule has 8 heteroatoms. The summed E-state index contributed by atoms with van der Waals surface area (Å²) in [6.07, 6.45) is 1.20. The van der Waals surface area contributed by atoms with Gasteiger partial charge in [-0.05, 0) is 18.2 Å². The van der Waals surface area contributed by atoms with Crippen LogP contribution in [0.1, 0.15) is 10.4 Å². The number of carboxylic acids is 1. The summed E-state index contributed by atoms with van der Waals surface area (Å²) in [6.45, 7) is 0.561. The molecule has 1 saturated heterocycles. The summed E-state index contributed by atoms with van der Waals surface area (Å²) in [5.74, 6) is 0.163. The van der Waals surface area contributed by atoms with Gasteiger partial charge in [0.15, 0.2) is 9.84 Å². The Morgan fingerprint density at radius 1 is 1.50 bits per heavy atom. The van der Waals surface area contributed by atoms with E-state index in [4.69, 9.17) is 10.8 Å². The van der Waals surface area contributed by atoms with Crippen LogP contribution in [0.25, 0.3) is 0 Å². The van der Waals surface area contributed by atoms with Crippen LogP contribution in [0, 0.1) is 0 Å². The molecule has 1 heterocycles. The van der Waals surface area contributed by atoms with Crippen LogP contribution in [0.2, 0.25) is 0 Å². The highest BCUT2D eigenvalue weighted by molar-refractivity contribution is 8.01. The molecule has 0 aliphatic carbocycles.